The van der Waals surface area contributed by atoms with E-state index in [0.29, 0.717) is 34.2 Å². The number of para-hydroxylation sites is 1. The number of nitriles is 1. The Hall–Kier alpha value is -3.36. The molecule has 134 valence electrons. The summed E-state index contributed by atoms with van der Waals surface area (Å²) in [6.07, 6.45) is 2.39. The van der Waals surface area contributed by atoms with Crippen LogP contribution in [-0.4, -0.2) is 17.4 Å². The second-order valence-electron chi connectivity index (χ2n) is 5.84. The molecule has 0 atom stereocenters. The minimum atomic E-state index is -0.291. The summed E-state index contributed by atoms with van der Waals surface area (Å²) in [5.41, 5.74) is 2.53. The molecule has 0 saturated heterocycles. The van der Waals surface area contributed by atoms with Gasteiger partial charge in [-0.1, -0.05) is 35.9 Å². The SMILES string of the molecule is N#Cc1ccccc1NC(=O)c1ccnc(NCCc2ccc(Cl)cc2)c1. The first-order chi connectivity index (χ1) is 13.2. The fourth-order valence-corrected chi connectivity index (χ4v) is 2.66. The van der Waals surface area contributed by atoms with Gasteiger partial charge in [-0.15, -0.1) is 0 Å². The van der Waals surface area contributed by atoms with Gasteiger partial charge in [-0.2, -0.15) is 5.26 Å². The molecule has 5 nitrogen and oxygen atoms in total. The monoisotopic (exact) mass is 376 g/mol. The summed E-state index contributed by atoms with van der Waals surface area (Å²) in [5.74, 6) is 0.325. The number of benzene rings is 2. The van der Waals surface area contributed by atoms with Gasteiger partial charge in [0.1, 0.15) is 11.9 Å². The van der Waals surface area contributed by atoms with E-state index in [9.17, 15) is 4.79 Å². The van der Waals surface area contributed by atoms with Crippen LogP contribution in [0.25, 0.3) is 0 Å². The Labute approximate surface area is 162 Å². The third kappa shape index (κ3) is 5.06. The van der Waals surface area contributed by atoms with E-state index in [2.05, 4.69) is 21.7 Å². The van der Waals surface area contributed by atoms with Crippen molar-refractivity contribution in [3.8, 4) is 6.07 Å². The van der Waals surface area contributed by atoms with E-state index >= 15 is 0 Å². The fourth-order valence-electron chi connectivity index (χ4n) is 2.54. The number of nitrogens with one attached hydrogen (secondary N) is 2. The minimum absolute atomic E-state index is 0.291. The van der Waals surface area contributed by atoms with Crippen LogP contribution in [0.2, 0.25) is 5.02 Å². The van der Waals surface area contributed by atoms with Gasteiger partial charge in [-0.25, -0.2) is 4.98 Å². The molecule has 1 amide bonds. The molecule has 6 heteroatoms. The number of carbonyl (C=O) groups excluding carboxylic acids is 1. The quantitative estimate of drug-likeness (QED) is 0.663. The molecular formula is C21H17ClN4O. The molecule has 0 aliphatic rings. The predicted octanol–water partition coefficient (Wildman–Crippen LogP) is 4.51. The van der Waals surface area contributed by atoms with Gasteiger partial charge in [0.25, 0.3) is 5.91 Å². The fraction of sp³-hybridized carbons (Fsp3) is 0.0952. The molecule has 1 aromatic heterocycles. The molecule has 3 aromatic rings. The summed E-state index contributed by atoms with van der Waals surface area (Å²) in [7, 11) is 0. The number of rotatable bonds is 6. The molecule has 0 fully saturated rings. The average Bonchev–Trinajstić information content (AvgIpc) is 2.70. The predicted molar refractivity (Wildman–Crippen MR) is 107 cm³/mol. The van der Waals surface area contributed by atoms with Crippen LogP contribution in [0.4, 0.5) is 11.5 Å². The van der Waals surface area contributed by atoms with Gasteiger partial charge in [-0.3, -0.25) is 4.79 Å². The largest absolute Gasteiger partial charge is 0.370 e. The van der Waals surface area contributed by atoms with Gasteiger partial charge in [0.2, 0.25) is 0 Å². The highest BCUT2D eigenvalue weighted by atomic mass is 35.5. The smallest absolute Gasteiger partial charge is 0.255 e. The van der Waals surface area contributed by atoms with Crippen LogP contribution in [0.15, 0.2) is 66.9 Å². The topological polar surface area (TPSA) is 77.8 Å². The summed E-state index contributed by atoms with van der Waals surface area (Å²) in [6.45, 7) is 0.678. The Morgan fingerprint density at radius 2 is 1.89 bits per heavy atom. The summed E-state index contributed by atoms with van der Waals surface area (Å²) in [6, 6.07) is 19.9. The van der Waals surface area contributed by atoms with Crippen molar-refractivity contribution in [2.75, 3.05) is 17.2 Å². The van der Waals surface area contributed by atoms with Crippen LogP contribution in [0.5, 0.6) is 0 Å². The highest BCUT2D eigenvalue weighted by Gasteiger charge is 2.10. The number of halogens is 1. The summed E-state index contributed by atoms with van der Waals surface area (Å²) in [4.78, 5) is 16.7. The van der Waals surface area contributed by atoms with Gasteiger partial charge in [0.05, 0.1) is 11.3 Å². The maximum Gasteiger partial charge on any atom is 0.255 e. The molecule has 3 rings (SSSR count). The van der Waals surface area contributed by atoms with Crippen LogP contribution >= 0.6 is 11.6 Å². The second-order valence-corrected chi connectivity index (χ2v) is 6.28. The van der Waals surface area contributed by atoms with E-state index in [1.807, 2.05) is 24.3 Å². The first-order valence-electron chi connectivity index (χ1n) is 8.40. The van der Waals surface area contributed by atoms with Crippen LogP contribution < -0.4 is 10.6 Å². The Balaban J connectivity index is 1.62. The van der Waals surface area contributed by atoms with Crippen LogP contribution in [0, 0.1) is 11.3 Å². The molecule has 0 radical (unpaired) electrons. The van der Waals surface area contributed by atoms with Crippen molar-refractivity contribution in [2.24, 2.45) is 0 Å². The second kappa shape index (κ2) is 8.84. The maximum absolute atomic E-state index is 12.5. The van der Waals surface area contributed by atoms with Gasteiger partial charge >= 0.3 is 0 Å². The highest BCUT2D eigenvalue weighted by molar-refractivity contribution is 6.30. The number of anilines is 2. The summed E-state index contributed by atoms with van der Waals surface area (Å²) < 4.78 is 0. The average molecular weight is 377 g/mol. The maximum atomic E-state index is 12.5. The van der Waals surface area contributed by atoms with Gasteiger partial charge < -0.3 is 10.6 Å². The molecule has 0 aliphatic heterocycles. The number of amides is 1. The van der Waals surface area contributed by atoms with Crippen molar-refractivity contribution >= 4 is 29.0 Å². The van der Waals surface area contributed by atoms with Crippen molar-refractivity contribution in [1.82, 2.24) is 4.98 Å². The lowest BCUT2D eigenvalue weighted by atomic mass is 10.1. The zero-order valence-corrected chi connectivity index (χ0v) is 15.2. The van der Waals surface area contributed by atoms with Crippen molar-refractivity contribution in [3.63, 3.8) is 0 Å². The lowest BCUT2D eigenvalue weighted by Crippen LogP contribution is -2.14. The van der Waals surface area contributed by atoms with Crippen molar-refractivity contribution < 1.29 is 4.79 Å². The van der Waals surface area contributed by atoms with Gasteiger partial charge in [-0.05, 0) is 48.4 Å². The molecule has 0 saturated carbocycles. The molecule has 1 heterocycles. The number of pyridine rings is 1. The standard InChI is InChI=1S/C21H17ClN4O/c22-18-7-5-15(6-8-18)9-11-24-20-13-16(10-12-25-20)21(27)26-19-4-2-1-3-17(19)14-23/h1-8,10,12-13H,9,11H2,(H,24,25)(H,26,27). The van der Waals surface area contributed by atoms with Crippen LogP contribution in [-0.2, 0) is 6.42 Å². The van der Waals surface area contributed by atoms with Crippen LogP contribution in [0.1, 0.15) is 21.5 Å². The molecule has 0 bridgehead atoms. The van der Waals surface area contributed by atoms with E-state index < -0.39 is 0 Å². The van der Waals surface area contributed by atoms with E-state index in [1.54, 1.807) is 42.6 Å². The number of hydrogen-bond acceptors (Lipinski definition) is 4. The Morgan fingerprint density at radius 3 is 2.67 bits per heavy atom. The zero-order chi connectivity index (χ0) is 19.1. The normalized spacial score (nSPS) is 10.1. The van der Waals surface area contributed by atoms with E-state index in [4.69, 9.17) is 16.9 Å². The first-order valence-corrected chi connectivity index (χ1v) is 8.78. The number of aromatic nitrogens is 1. The molecular weight excluding hydrogens is 360 g/mol. The summed E-state index contributed by atoms with van der Waals surface area (Å²) >= 11 is 5.88. The third-order valence-corrected chi connectivity index (χ3v) is 4.20. The summed E-state index contributed by atoms with van der Waals surface area (Å²) in [5, 5.41) is 15.8. The van der Waals surface area contributed by atoms with Crippen molar-refractivity contribution in [3.05, 3.63) is 88.6 Å². The van der Waals surface area contributed by atoms with Crippen LogP contribution in [0.3, 0.4) is 0 Å². The van der Waals surface area contributed by atoms with Crippen molar-refractivity contribution in [2.45, 2.75) is 6.42 Å². The zero-order valence-electron chi connectivity index (χ0n) is 14.4. The Bertz CT molecular complexity index is 980. The molecule has 27 heavy (non-hydrogen) atoms. The lowest BCUT2D eigenvalue weighted by Gasteiger charge is -2.09. The molecule has 0 aliphatic carbocycles. The third-order valence-electron chi connectivity index (χ3n) is 3.95. The van der Waals surface area contributed by atoms with Gasteiger partial charge in [0.15, 0.2) is 0 Å². The van der Waals surface area contributed by atoms with E-state index in [1.165, 1.54) is 0 Å². The highest BCUT2D eigenvalue weighted by Crippen LogP contribution is 2.16. The number of hydrogen-bond donors (Lipinski definition) is 2. The number of carbonyl (C=O) groups is 1. The molecule has 0 unspecified atom stereocenters. The molecule has 2 aromatic carbocycles. The van der Waals surface area contributed by atoms with E-state index in [0.717, 1.165) is 12.0 Å². The molecule has 0 spiro atoms. The van der Waals surface area contributed by atoms with Gasteiger partial charge in [0, 0.05) is 23.3 Å². The lowest BCUT2D eigenvalue weighted by molar-refractivity contribution is 0.102. The Morgan fingerprint density at radius 1 is 1.11 bits per heavy atom. The van der Waals surface area contributed by atoms with Crippen molar-refractivity contribution in [1.29, 1.82) is 5.26 Å². The Kier molecular flexibility index (Phi) is 6.03. The molecule has 2 N–H and O–H groups in total. The first kappa shape index (κ1) is 18.4. The van der Waals surface area contributed by atoms with E-state index in [-0.39, 0.29) is 5.91 Å². The minimum Gasteiger partial charge on any atom is -0.370 e. The number of nitrogens with zero attached hydrogens (tertiary/aromatic N) is 2.